The molecule has 0 radical (unpaired) electrons. The molecule has 2 aliphatic heterocycles. The van der Waals surface area contributed by atoms with Crippen molar-refractivity contribution in [2.24, 2.45) is 11.8 Å². The van der Waals surface area contributed by atoms with Crippen LogP contribution in [0.5, 0.6) is 0 Å². The SMILES string of the molecule is Cc1ccccc1C1=CC=CC(Nc2nccc3cc(CN4CC[C@@H](O)C4)cnc23)(c2nc3cc(CN4CC[C@@H](C(=O)O)C4)cc(Cl)c3o2)C1C. The molecule has 3 aromatic heterocycles. The Hall–Kier alpha value is -4.61. The minimum absolute atomic E-state index is 0.162. The number of allylic oxidation sites excluding steroid dienone is 2. The van der Waals surface area contributed by atoms with Gasteiger partial charge in [0.05, 0.1) is 17.0 Å². The fourth-order valence-corrected chi connectivity index (χ4v) is 8.24. The lowest BCUT2D eigenvalue weighted by atomic mass is 9.73. The first-order valence-electron chi connectivity index (χ1n) is 17.6. The monoisotopic (exact) mass is 704 g/mol. The first kappa shape index (κ1) is 33.5. The Labute approximate surface area is 301 Å². The first-order valence-corrected chi connectivity index (χ1v) is 18.0. The summed E-state index contributed by atoms with van der Waals surface area (Å²) in [5.41, 5.74) is 6.36. The molecule has 0 bridgehead atoms. The van der Waals surface area contributed by atoms with Gasteiger partial charge < -0.3 is 19.9 Å². The maximum absolute atomic E-state index is 11.6. The number of aliphatic carboxylic acids is 1. The van der Waals surface area contributed by atoms with E-state index in [0.29, 0.717) is 53.9 Å². The van der Waals surface area contributed by atoms with Crippen molar-refractivity contribution in [2.45, 2.75) is 51.4 Å². The molecular formula is C40H41ClN6O4. The number of aryl methyl sites for hydroxylation is 1. The standard InChI is InChI=1S/C40H41ClN6O4/c1-24-6-3-4-7-31(24)32-8-5-12-40(25(32)2,45-37-35-28(9-13-42-37)16-27(19-43-35)21-47-15-11-30(48)23-47)39-44-34-18-26(17-33(41)36(34)51-39)20-46-14-10-29(22-46)38(49)50/h3-9,12-13,16-19,25,29-30,48H,10-11,14-15,20-23H2,1-2H3,(H,42,45)(H,49,50)/t25?,29-,30-,40?/m1/s1. The van der Waals surface area contributed by atoms with Gasteiger partial charge in [0.2, 0.25) is 5.89 Å². The fraction of sp³-hybridized carbons (Fsp3) is 0.350. The van der Waals surface area contributed by atoms with Crippen molar-refractivity contribution in [1.29, 1.82) is 0 Å². The smallest absolute Gasteiger partial charge is 0.307 e. The quantitative estimate of drug-likeness (QED) is 0.151. The lowest BCUT2D eigenvalue weighted by Crippen LogP contribution is -2.42. The zero-order chi connectivity index (χ0) is 35.3. The number of nitrogens with zero attached hydrogens (tertiary/aromatic N) is 5. The Morgan fingerprint density at radius 2 is 1.86 bits per heavy atom. The molecule has 0 saturated carbocycles. The predicted octanol–water partition coefficient (Wildman–Crippen LogP) is 6.80. The average Bonchev–Trinajstić information content (AvgIpc) is 3.87. The van der Waals surface area contributed by atoms with Gasteiger partial charge in [0.25, 0.3) is 0 Å². The van der Waals surface area contributed by atoms with Crippen LogP contribution in [0.15, 0.2) is 83.6 Å². The van der Waals surface area contributed by atoms with Crippen LogP contribution in [-0.4, -0.2) is 73.2 Å². The van der Waals surface area contributed by atoms with Gasteiger partial charge in [-0.25, -0.2) is 9.97 Å². The van der Waals surface area contributed by atoms with E-state index in [4.69, 9.17) is 31.0 Å². The van der Waals surface area contributed by atoms with Crippen molar-refractivity contribution < 1.29 is 19.4 Å². The highest BCUT2D eigenvalue weighted by Crippen LogP contribution is 2.46. The van der Waals surface area contributed by atoms with Crippen molar-refractivity contribution in [1.82, 2.24) is 24.8 Å². The summed E-state index contributed by atoms with van der Waals surface area (Å²) in [6.45, 7) is 8.35. The summed E-state index contributed by atoms with van der Waals surface area (Å²) in [7, 11) is 0. The molecule has 10 nitrogen and oxygen atoms in total. The summed E-state index contributed by atoms with van der Waals surface area (Å²) in [5, 5.41) is 24.7. The lowest BCUT2D eigenvalue weighted by Gasteiger charge is -2.39. The van der Waals surface area contributed by atoms with Gasteiger partial charge in [0, 0.05) is 56.4 Å². The van der Waals surface area contributed by atoms with E-state index >= 15 is 0 Å². The maximum Gasteiger partial charge on any atom is 0.307 e. The molecule has 3 aliphatic rings. The number of nitrogens with one attached hydrogen (secondary N) is 1. The van der Waals surface area contributed by atoms with Crippen molar-refractivity contribution in [3.63, 3.8) is 0 Å². The second kappa shape index (κ2) is 13.5. The topological polar surface area (TPSA) is 128 Å². The molecule has 262 valence electrons. The van der Waals surface area contributed by atoms with Gasteiger partial charge >= 0.3 is 5.97 Å². The summed E-state index contributed by atoms with van der Waals surface area (Å²) < 4.78 is 6.64. The largest absolute Gasteiger partial charge is 0.481 e. The number of carboxylic acid groups (broad SMARTS) is 1. The zero-order valence-electron chi connectivity index (χ0n) is 28.7. The number of benzene rings is 2. The third kappa shape index (κ3) is 6.42. The van der Waals surface area contributed by atoms with E-state index in [1.54, 1.807) is 6.20 Å². The minimum atomic E-state index is -0.966. The predicted molar refractivity (Wildman–Crippen MR) is 198 cm³/mol. The third-order valence-electron chi connectivity index (χ3n) is 10.8. The molecule has 3 N–H and O–H groups in total. The van der Waals surface area contributed by atoms with E-state index in [2.05, 4.69) is 65.4 Å². The van der Waals surface area contributed by atoms with Crippen LogP contribution in [0, 0.1) is 18.8 Å². The van der Waals surface area contributed by atoms with Gasteiger partial charge in [0.1, 0.15) is 16.6 Å². The number of anilines is 1. The molecule has 0 spiro atoms. The van der Waals surface area contributed by atoms with Crippen molar-refractivity contribution in [3.8, 4) is 0 Å². The first-order chi connectivity index (χ1) is 24.7. The van der Waals surface area contributed by atoms with Crippen LogP contribution in [0.2, 0.25) is 5.02 Å². The van der Waals surface area contributed by atoms with E-state index in [9.17, 15) is 15.0 Å². The minimum Gasteiger partial charge on any atom is -0.481 e. The number of aliphatic hydroxyl groups is 1. The van der Waals surface area contributed by atoms with Gasteiger partial charge in [-0.2, -0.15) is 0 Å². The van der Waals surface area contributed by atoms with Crippen LogP contribution >= 0.6 is 11.6 Å². The molecule has 2 aromatic carbocycles. The van der Waals surface area contributed by atoms with E-state index in [-0.39, 0.29) is 17.9 Å². The summed E-state index contributed by atoms with van der Waals surface area (Å²) in [5.74, 6) is -0.209. The van der Waals surface area contributed by atoms with Crippen LogP contribution in [0.4, 0.5) is 5.82 Å². The lowest BCUT2D eigenvalue weighted by molar-refractivity contribution is -0.141. The normalized spacial score (nSPS) is 24.1. The number of carboxylic acids is 1. The van der Waals surface area contributed by atoms with E-state index in [1.807, 2.05) is 36.5 Å². The number of carbonyl (C=O) groups is 1. The average molecular weight is 705 g/mol. The number of aromatic nitrogens is 3. The van der Waals surface area contributed by atoms with Gasteiger partial charge in [-0.3, -0.25) is 19.6 Å². The van der Waals surface area contributed by atoms with Crippen LogP contribution in [-0.2, 0) is 23.4 Å². The number of β-amino-alcohol motifs (C(OH)–C–C–N with tert-alkyl or cyclic N) is 1. The van der Waals surface area contributed by atoms with E-state index in [0.717, 1.165) is 59.2 Å². The molecule has 8 rings (SSSR count). The number of halogens is 1. The van der Waals surface area contributed by atoms with Crippen LogP contribution < -0.4 is 5.32 Å². The highest BCUT2D eigenvalue weighted by molar-refractivity contribution is 6.34. The molecule has 5 aromatic rings. The Kier molecular flexibility index (Phi) is 8.88. The molecule has 2 fully saturated rings. The second-order valence-corrected chi connectivity index (χ2v) is 14.7. The molecule has 2 saturated heterocycles. The van der Waals surface area contributed by atoms with Crippen LogP contribution in [0.3, 0.4) is 0 Å². The van der Waals surface area contributed by atoms with Gasteiger partial charge in [-0.1, -0.05) is 54.9 Å². The summed E-state index contributed by atoms with van der Waals surface area (Å²) >= 11 is 6.89. The number of hydrogen-bond acceptors (Lipinski definition) is 9. The molecular weight excluding hydrogens is 664 g/mol. The van der Waals surface area contributed by atoms with Crippen molar-refractivity contribution in [2.75, 3.05) is 31.5 Å². The number of rotatable bonds is 9. The molecule has 5 heterocycles. The Morgan fingerprint density at radius 1 is 1.06 bits per heavy atom. The molecule has 51 heavy (non-hydrogen) atoms. The van der Waals surface area contributed by atoms with Gasteiger partial charge in [-0.05, 0) is 84.5 Å². The summed E-state index contributed by atoms with van der Waals surface area (Å²) in [4.78, 5) is 30.8. The summed E-state index contributed by atoms with van der Waals surface area (Å²) in [6.07, 6.45) is 11.1. The number of aliphatic hydroxyl groups excluding tert-OH is 1. The summed E-state index contributed by atoms with van der Waals surface area (Å²) in [6, 6.07) is 16.4. The van der Waals surface area contributed by atoms with Crippen LogP contribution in [0.1, 0.15) is 47.9 Å². The molecule has 2 unspecified atom stereocenters. The number of hydrogen-bond donors (Lipinski definition) is 3. The van der Waals surface area contributed by atoms with E-state index < -0.39 is 11.5 Å². The number of fused-ring (bicyclic) bond motifs is 2. The highest BCUT2D eigenvalue weighted by Gasteiger charge is 2.45. The van der Waals surface area contributed by atoms with Gasteiger partial charge in [-0.15, -0.1) is 0 Å². The van der Waals surface area contributed by atoms with Gasteiger partial charge in [0.15, 0.2) is 11.4 Å². The number of likely N-dealkylation sites (tertiary alicyclic amines) is 2. The zero-order valence-corrected chi connectivity index (χ0v) is 29.5. The van der Waals surface area contributed by atoms with Crippen LogP contribution in [0.25, 0.3) is 27.6 Å². The van der Waals surface area contributed by atoms with Crippen molar-refractivity contribution >= 4 is 51.0 Å². The molecule has 1 aliphatic carbocycles. The molecule has 11 heteroatoms. The fourth-order valence-electron chi connectivity index (χ4n) is 7.96. The number of pyridine rings is 2. The van der Waals surface area contributed by atoms with E-state index in [1.165, 1.54) is 5.56 Å². The Bertz CT molecular complexity index is 2200. The Balaban J connectivity index is 1.18. The molecule has 4 atom stereocenters. The molecule has 0 amide bonds. The Morgan fingerprint density at radius 3 is 2.65 bits per heavy atom. The second-order valence-electron chi connectivity index (χ2n) is 14.3. The third-order valence-corrected chi connectivity index (χ3v) is 11.0. The van der Waals surface area contributed by atoms with Crippen molar-refractivity contribution in [3.05, 3.63) is 112 Å². The highest BCUT2D eigenvalue weighted by atomic mass is 35.5. The number of oxazole rings is 1. The maximum atomic E-state index is 11.6.